The summed E-state index contributed by atoms with van der Waals surface area (Å²) in [7, 11) is -3.17. The van der Waals surface area contributed by atoms with E-state index in [-0.39, 0.29) is 5.25 Å². The van der Waals surface area contributed by atoms with Crippen LogP contribution in [-0.4, -0.2) is 26.8 Å². The molecule has 76 valence electrons. The molecule has 0 aliphatic carbocycles. The summed E-state index contributed by atoms with van der Waals surface area (Å²) in [5.41, 5.74) is 0. The molecule has 0 radical (unpaired) electrons. The van der Waals surface area contributed by atoms with Gasteiger partial charge in [-0.05, 0) is 18.2 Å². The first-order chi connectivity index (χ1) is 6.60. The van der Waals surface area contributed by atoms with E-state index < -0.39 is 9.84 Å². The fourth-order valence-electron chi connectivity index (χ4n) is 1.32. The van der Waals surface area contributed by atoms with Gasteiger partial charge in [-0.15, -0.1) is 0 Å². The number of sulfone groups is 1. The second-order valence-corrected chi connectivity index (χ2v) is 5.95. The van der Waals surface area contributed by atoms with Crippen molar-refractivity contribution in [1.29, 1.82) is 0 Å². The van der Waals surface area contributed by atoms with E-state index in [4.69, 9.17) is 11.6 Å². The topological polar surface area (TPSA) is 46.2 Å². The molecule has 1 fully saturated rings. The van der Waals surface area contributed by atoms with Crippen molar-refractivity contribution in [3.05, 3.63) is 29.3 Å². The molecule has 1 aromatic carbocycles. The van der Waals surface area contributed by atoms with Crippen molar-refractivity contribution in [2.75, 3.05) is 13.1 Å². The van der Waals surface area contributed by atoms with Crippen LogP contribution < -0.4 is 5.32 Å². The smallest absolute Gasteiger partial charge is 0.183 e. The molecule has 14 heavy (non-hydrogen) atoms. The lowest BCUT2D eigenvalue weighted by Crippen LogP contribution is -2.51. The van der Waals surface area contributed by atoms with Crippen molar-refractivity contribution >= 4 is 21.4 Å². The van der Waals surface area contributed by atoms with E-state index in [1.54, 1.807) is 18.2 Å². The molecule has 0 unspecified atom stereocenters. The average Bonchev–Trinajstić information content (AvgIpc) is 2.00. The van der Waals surface area contributed by atoms with Crippen molar-refractivity contribution < 1.29 is 8.42 Å². The summed E-state index contributed by atoms with van der Waals surface area (Å²) in [4.78, 5) is 0.316. The Morgan fingerprint density at radius 1 is 1.36 bits per heavy atom. The average molecular weight is 232 g/mol. The van der Waals surface area contributed by atoms with Crippen molar-refractivity contribution in [3.63, 3.8) is 0 Å². The maximum Gasteiger partial charge on any atom is 0.183 e. The molecule has 1 aliphatic rings. The quantitative estimate of drug-likeness (QED) is 0.829. The summed E-state index contributed by atoms with van der Waals surface area (Å²) < 4.78 is 23.7. The van der Waals surface area contributed by atoms with E-state index >= 15 is 0 Å². The standard InChI is InChI=1S/C9H10ClNO2S/c10-7-2-1-3-8(4-7)14(12,13)9-5-11-6-9/h1-4,9,11H,5-6H2. The van der Waals surface area contributed by atoms with Gasteiger partial charge in [-0.1, -0.05) is 17.7 Å². The molecule has 0 atom stereocenters. The maximum atomic E-state index is 11.9. The van der Waals surface area contributed by atoms with Crippen LogP contribution in [0, 0.1) is 0 Å². The van der Waals surface area contributed by atoms with Gasteiger partial charge in [0.25, 0.3) is 0 Å². The van der Waals surface area contributed by atoms with Crippen LogP contribution in [0.1, 0.15) is 0 Å². The van der Waals surface area contributed by atoms with Crippen molar-refractivity contribution in [2.24, 2.45) is 0 Å². The molecule has 0 aromatic heterocycles. The molecular weight excluding hydrogens is 222 g/mol. The third kappa shape index (κ3) is 1.65. The summed E-state index contributed by atoms with van der Waals surface area (Å²) in [5, 5.41) is 3.11. The SMILES string of the molecule is O=S(=O)(c1cccc(Cl)c1)C1CNC1. The number of hydrogen-bond donors (Lipinski definition) is 1. The molecule has 1 saturated heterocycles. The van der Waals surface area contributed by atoms with Crippen molar-refractivity contribution in [2.45, 2.75) is 10.1 Å². The van der Waals surface area contributed by atoms with Crippen LogP contribution >= 0.6 is 11.6 Å². The lowest BCUT2D eigenvalue weighted by Gasteiger charge is -2.26. The summed E-state index contributed by atoms with van der Waals surface area (Å²) in [5.74, 6) is 0. The fourth-order valence-corrected chi connectivity index (χ4v) is 3.19. The minimum Gasteiger partial charge on any atom is -0.314 e. The molecule has 0 saturated carbocycles. The van der Waals surface area contributed by atoms with Crippen molar-refractivity contribution in [3.8, 4) is 0 Å². The lowest BCUT2D eigenvalue weighted by atomic mass is 10.3. The Balaban J connectivity index is 2.38. The highest BCUT2D eigenvalue weighted by molar-refractivity contribution is 7.92. The molecule has 0 bridgehead atoms. The first-order valence-electron chi connectivity index (χ1n) is 4.31. The van der Waals surface area contributed by atoms with Gasteiger partial charge < -0.3 is 5.32 Å². The molecule has 3 nitrogen and oxygen atoms in total. The van der Waals surface area contributed by atoms with Gasteiger partial charge in [0, 0.05) is 18.1 Å². The summed E-state index contributed by atoms with van der Waals surface area (Å²) >= 11 is 5.74. The van der Waals surface area contributed by atoms with Gasteiger partial charge in [0.05, 0.1) is 10.1 Å². The van der Waals surface area contributed by atoms with Gasteiger partial charge in [-0.3, -0.25) is 0 Å². The highest BCUT2D eigenvalue weighted by Gasteiger charge is 2.32. The van der Waals surface area contributed by atoms with Gasteiger partial charge in [0.15, 0.2) is 9.84 Å². The Labute approximate surface area is 88.0 Å². The van der Waals surface area contributed by atoms with E-state index in [1.165, 1.54) is 6.07 Å². The van der Waals surface area contributed by atoms with Crippen molar-refractivity contribution in [1.82, 2.24) is 5.32 Å². The zero-order valence-corrected chi connectivity index (χ0v) is 8.98. The van der Waals surface area contributed by atoms with Gasteiger partial charge in [0.2, 0.25) is 0 Å². The van der Waals surface area contributed by atoms with Gasteiger partial charge >= 0.3 is 0 Å². The summed E-state index contributed by atoms with van der Waals surface area (Å²) in [6.45, 7) is 1.07. The van der Waals surface area contributed by atoms with Gasteiger partial charge in [-0.2, -0.15) is 0 Å². The zero-order chi connectivity index (χ0) is 10.2. The highest BCUT2D eigenvalue weighted by atomic mass is 35.5. The molecule has 0 amide bonds. The Hall–Kier alpha value is -0.580. The maximum absolute atomic E-state index is 11.9. The van der Waals surface area contributed by atoms with Crippen LogP contribution in [0.2, 0.25) is 5.02 Å². The number of rotatable bonds is 2. The molecule has 0 spiro atoms. The predicted molar refractivity (Wildman–Crippen MR) is 55.3 cm³/mol. The van der Waals surface area contributed by atoms with Crippen LogP contribution in [0.4, 0.5) is 0 Å². The normalized spacial score (nSPS) is 17.8. The largest absolute Gasteiger partial charge is 0.314 e. The summed E-state index contributed by atoms with van der Waals surface area (Å²) in [6, 6.07) is 6.40. The van der Waals surface area contributed by atoms with Crippen LogP contribution in [-0.2, 0) is 9.84 Å². The second kappa shape index (κ2) is 3.53. The second-order valence-electron chi connectivity index (χ2n) is 3.28. The molecule has 1 N–H and O–H groups in total. The molecule has 1 aliphatic heterocycles. The number of nitrogens with one attached hydrogen (secondary N) is 1. The van der Waals surface area contributed by atoms with Crippen LogP contribution in [0.5, 0.6) is 0 Å². The molecule has 1 aromatic rings. The fraction of sp³-hybridized carbons (Fsp3) is 0.333. The molecule has 1 heterocycles. The molecular formula is C9H10ClNO2S. The number of halogens is 1. The Kier molecular flexibility index (Phi) is 2.51. The van der Waals surface area contributed by atoms with Gasteiger partial charge in [-0.25, -0.2) is 8.42 Å². The minimum absolute atomic E-state index is 0.291. The number of hydrogen-bond acceptors (Lipinski definition) is 3. The Bertz CT molecular complexity index is 440. The third-order valence-electron chi connectivity index (χ3n) is 2.31. The molecule has 5 heteroatoms. The Morgan fingerprint density at radius 2 is 2.07 bits per heavy atom. The summed E-state index contributed by atoms with van der Waals surface area (Å²) in [6.07, 6.45) is 0. The first kappa shape index (κ1) is 9.96. The zero-order valence-electron chi connectivity index (χ0n) is 7.40. The number of benzene rings is 1. The van der Waals surface area contributed by atoms with E-state index in [2.05, 4.69) is 5.32 Å². The van der Waals surface area contributed by atoms with Crippen LogP contribution in [0.15, 0.2) is 29.2 Å². The molecule has 2 rings (SSSR count). The first-order valence-corrected chi connectivity index (χ1v) is 6.23. The third-order valence-corrected chi connectivity index (χ3v) is 4.66. The van der Waals surface area contributed by atoms with E-state index in [0.717, 1.165) is 0 Å². The van der Waals surface area contributed by atoms with E-state index in [9.17, 15) is 8.42 Å². The predicted octanol–water partition coefficient (Wildman–Crippen LogP) is 1.09. The van der Waals surface area contributed by atoms with Crippen LogP contribution in [0.3, 0.4) is 0 Å². The van der Waals surface area contributed by atoms with Crippen LogP contribution in [0.25, 0.3) is 0 Å². The monoisotopic (exact) mass is 231 g/mol. The van der Waals surface area contributed by atoms with E-state index in [1.807, 2.05) is 0 Å². The van der Waals surface area contributed by atoms with E-state index in [0.29, 0.717) is 23.0 Å². The highest BCUT2D eigenvalue weighted by Crippen LogP contribution is 2.21. The Morgan fingerprint density at radius 3 is 2.57 bits per heavy atom. The lowest BCUT2D eigenvalue weighted by molar-refractivity contribution is 0.495. The van der Waals surface area contributed by atoms with Gasteiger partial charge in [0.1, 0.15) is 0 Å². The minimum atomic E-state index is -3.17.